The first-order valence-electron chi connectivity index (χ1n) is 11.3. The molecule has 7 nitrogen and oxygen atoms in total. The Bertz CT molecular complexity index is 1220. The van der Waals surface area contributed by atoms with Crippen molar-refractivity contribution in [2.24, 2.45) is 5.16 Å². The maximum atomic E-state index is 14.7. The van der Waals surface area contributed by atoms with Crippen LogP contribution in [0.2, 0.25) is 0 Å². The molecular weight excluding hydrogens is 449 g/mol. The van der Waals surface area contributed by atoms with Crippen molar-refractivity contribution in [1.29, 1.82) is 0 Å². The highest BCUT2D eigenvalue weighted by atomic mass is 19.1. The first-order valence-corrected chi connectivity index (χ1v) is 11.3. The van der Waals surface area contributed by atoms with E-state index in [4.69, 9.17) is 14.7 Å². The molecule has 0 amide bonds. The highest BCUT2D eigenvalue weighted by molar-refractivity contribution is 5.97. The molecule has 35 heavy (non-hydrogen) atoms. The smallest absolute Gasteiger partial charge is 0.342 e. The summed E-state index contributed by atoms with van der Waals surface area (Å²) in [6, 6.07) is 12.3. The van der Waals surface area contributed by atoms with Gasteiger partial charge in [0.2, 0.25) is 0 Å². The van der Waals surface area contributed by atoms with Crippen molar-refractivity contribution in [3.05, 3.63) is 77.4 Å². The molecule has 0 fully saturated rings. The van der Waals surface area contributed by atoms with E-state index in [1.807, 2.05) is 31.2 Å². The predicted molar refractivity (Wildman–Crippen MR) is 134 cm³/mol. The average Bonchev–Trinajstić information content (AvgIpc) is 3.13. The fraction of sp³-hybridized carbons (Fsp3) is 0.296. The molecule has 0 radical (unpaired) electrons. The van der Waals surface area contributed by atoms with Crippen molar-refractivity contribution in [2.45, 2.75) is 46.3 Å². The molecule has 0 bridgehead atoms. The Kier molecular flexibility index (Phi) is 8.06. The van der Waals surface area contributed by atoms with E-state index in [1.54, 1.807) is 43.5 Å². The zero-order valence-corrected chi connectivity index (χ0v) is 20.4. The summed E-state index contributed by atoms with van der Waals surface area (Å²) >= 11 is 0. The van der Waals surface area contributed by atoms with Gasteiger partial charge in [-0.15, -0.1) is 0 Å². The normalized spacial score (nSPS) is 11.6. The third kappa shape index (κ3) is 6.15. The second-order valence-electron chi connectivity index (χ2n) is 8.91. The van der Waals surface area contributed by atoms with Gasteiger partial charge >= 0.3 is 5.97 Å². The zero-order valence-electron chi connectivity index (χ0n) is 20.4. The lowest BCUT2D eigenvalue weighted by atomic mass is 9.98. The van der Waals surface area contributed by atoms with Crippen molar-refractivity contribution in [3.8, 4) is 17.1 Å². The molecule has 184 valence electrons. The summed E-state index contributed by atoms with van der Waals surface area (Å²) in [6.45, 7) is 11.8. The van der Waals surface area contributed by atoms with Gasteiger partial charge in [0.05, 0.1) is 30.8 Å². The van der Waals surface area contributed by atoms with E-state index in [-0.39, 0.29) is 5.56 Å². The van der Waals surface area contributed by atoms with E-state index >= 15 is 0 Å². The van der Waals surface area contributed by atoms with Crippen molar-refractivity contribution in [1.82, 2.24) is 9.55 Å². The van der Waals surface area contributed by atoms with E-state index < -0.39 is 17.4 Å². The number of carbonyl (C=O) groups excluding carboxylic acids is 1. The average molecular weight is 480 g/mol. The molecule has 0 aliphatic rings. The van der Waals surface area contributed by atoms with Crippen LogP contribution >= 0.6 is 0 Å². The second-order valence-corrected chi connectivity index (χ2v) is 8.91. The number of hydrogen-bond donors (Lipinski definition) is 1. The molecule has 1 aromatic heterocycles. The molecule has 0 atom stereocenters. The minimum Gasteiger partial charge on any atom is -0.465 e. The van der Waals surface area contributed by atoms with Crippen molar-refractivity contribution < 1.29 is 23.9 Å². The number of aromatic nitrogens is 2. The third-order valence-corrected chi connectivity index (χ3v) is 5.03. The maximum Gasteiger partial charge on any atom is 0.342 e. The van der Waals surface area contributed by atoms with E-state index in [0.717, 1.165) is 12.0 Å². The number of rotatable bonds is 9. The Balaban J connectivity index is 1.96. The molecule has 2 aromatic carbocycles. The Morgan fingerprint density at radius 3 is 2.54 bits per heavy atom. The fourth-order valence-corrected chi connectivity index (χ4v) is 3.53. The van der Waals surface area contributed by atoms with Gasteiger partial charge in [0.25, 0.3) is 6.01 Å². The number of carbonyl (C=O) groups is 1. The van der Waals surface area contributed by atoms with Gasteiger partial charge in [-0.05, 0) is 56.0 Å². The summed E-state index contributed by atoms with van der Waals surface area (Å²) < 4.78 is 27.7. The predicted octanol–water partition coefficient (Wildman–Crippen LogP) is 5.93. The van der Waals surface area contributed by atoms with Gasteiger partial charge in [0.1, 0.15) is 17.0 Å². The molecule has 3 rings (SSSR count). The minimum atomic E-state index is -0.747. The largest absolute Gasteiger partial charge is 0.465 e. The number of halogens is 1. The summed E-state index contributed by atoms with van der Waals surface area (Å²) in [5.41, 5.74) is 2.25. The lowest BCUT2D eigenvalue weighted by Gasteiger charge is -2.21. The van der Waals surface area contributed by atoms with Crippen molar-refractivity contribution in [2.75, 3.05) is 6.61 Å². The number of oxime groups is 1. The van der Waals surface area contributed by atoms with E-state index in [2.05, 4.69) is 16.7 Å². The summed E-state index contributed by atoms with van der Waals surface area (Å²) in [7, 11) is 0. The number of ether oxygens (including phenoxy) is 2. The van der Waals surface area contributed by atoms with Crippen LogP contribution in [0.1, 0.15) is 61.4 Å². The Labute approximate surface area is 204 Å². The quantitative estimate of drug-likeness (QED) is 0.178. The van der Waals surface area contributed by atoms with Crippen LogP contribution in [0, 0.1) is 5.82 Å². The first kappa shape index (κ1) is 25.7. The summed E-state index contributed by atoms with van der Waals surface area (Å²) in [4.78, 5) is 17.2. The van der Waals surface area contributed by atoms with Crippen molar-refractivity contribution in [3.63, 3.8) is 0 Å². The van der Waals surface area contributed by atoms with Gasteiger partial charge in [-0.1, -0.05) is 55.1 Å². The molecule has 1 N–H and O–H groups in total. The standard InChI is InChI=1S/C27H30FN3O4/c1-6-15-34-26-30-22(7-2)23(16-29-33)31(26)17-18-11-13-19(14-12-18)20-9-8-10-21(28)24(20)25(32)35-27(3,4)5/h7-14,16,33H,2,6,15,17H2,1,3-5H3. The SMILES string of the molecule is C=Cc1nc(OCCC)n(Cc2ccc(-c3cccc(F)c3C(=O)OC(C)(C)C)cc2)c1C=NO. The molecule has 0 aliphatic heterocycles. The molecule has 3 aromatic rings. The van der Waals surface area contributed by atoms with E-state index in [0.29, 0.717) is 41.7 Å². The van der Waals surface area contributed by atoms with Crippen LogP contribution in [-0.4, -0.2) is 39.2 Å². The van der Waals surface area contributed by atoms with Gasteiger partial charge in [-0.3, -0.25) is 4.57 Å². The van der Waals surface area contributed by atoms with E-state index in [9.17, 15) is 9.18 Å². The Morgan fingerprint density at radius 2 is 1.94 bits per heavy atom. The molecule has 0 aliphatic carbocycles. The lowest BCUT2D eigenvalue weighted by molar-refractivity contribution is 0.00657. The van der Waals surface area contributed by atoms with Gasteiger partial charge in [0.15, 0.2) is 0 Å². The molecule has 0 saturated heterocycles. The molecule has 0 unspecified atom stereocenters. The van der Waals surface area contributed by atoms with Crippen LogP contribution in [0.25, 0.3) is 17.2 Å². The molecule has 0 spiro atoms. The van der Waals surface area contributed by atoms with Gasteiger partial charge in [0, 0.05) is 0 Å². The minimum absolute atomic E-state index is 0.0999. The number of nitrogens with zero attached hydrogens (tertiary/aromatic N) is 3. The molecule has 1 heterocycles. The van der Waals surface area contributed by atoms with Crippen LogP contribution in [0.3, 0.4) is 0 Å². The maximum absolute atomic E-state index is 14.7. The van der Waals surface area contributed by atoms with E-state index in [1.165, 1.54) is 12.3 Å². The topological polar surface area (TPSA) is 85.9 Å². The summed E-state index contributed by atoms with van der Waals surface area (Å²) in [5.74, 6) is -1.35. The Hall–Kier alpha value is -3.94. The van der Waals surface area contributed by atoms with Crippen LogP contribution in [-0.2, 0) is 11.3 Å². The van der Waals surface area contributed by atoms with Crippen LogP contribution < -0.4 is 4.74 Å². The third-order valence-electron chi connectivity index (χ3n) is 5.03. The number of hydrogen-bond acceptors (Lipinski definition) is 6. The highest BCUT2D eigenvalue weighted by Gasteiger charge is 2.24. The lowest BCUT2D eigenvalue weighted by Crippen LogP contribution is -2.25. The monoisotopic (exact) mass is 479 g/mol. The summed E-state index contributed by atoms with van der Waals surface area (Å²) in [6.07, 6.45) is 3.66. The first-order chi connectivity index (χ1) is 16.7. The molecular formula is C27H30FN3O4. The van der Waals surface area contributed by atoms with Gasteiger partial charge in [-0.25, -0.2) is 9.18 Å². The number of benzene rings is 2. The van der Waals surface area contributed by atoms with Crippen LogP contribution in [0.5, 0.6) is 6.01 Å². The highest BCUT2D eigenvalue weighted by Crippen LogP contribution is 2.29. The van der Waals surface area contributed by atoms with Gasteiger partial charge < -0.3 is 14.7 Å². The van der Waals surface area contributed by atoms with Crippen molar-refractivity contribution >= 4 is 18.3 Å². The zero-order chi connectivity index (χ0) is 25.6. The molecule has 0 saturated carbocycles. The second kappa shape index (κ2) is 11.0. The van der Waals surface area contributed by atoms with Crippen LogP contribution in [0.15, 0.2) is 54.2 Å². The Morgan fingerprint density at radius 1 is 1.23 bits per heavy atom. The number of imidazole rings is 1. The number of esters is 1. The van der Waals surface area contributed by atoms with Crippen LogP contribution in [0.4, 0.5) is 4.39 Å². The molecule has 8 heteroatoms. The summed E-state index contributed by atoms with van der Waals surface area (Å²) in [5, 5.41) is 12.3. The van der Waals surface area contributed by atoms with Gasteiger partial charge in [-0.2, -0.15) is 4.98 Å². The fourth-order valence-electron chi connectivity index (χ4n) is 3.53.